The Labute approximate surface area is 262 Å². The van der Waals surface area contributed by atoms with Crippen molar-refractivity contribution in [1.82, 2.24) is 0 Å². The van der Waals surface area contributed by atoms with E-state index in [4.69, 9.17) is 0 Å². The molecule has 1 aliphatic heterocycles. The fourth-order valence-electron chi connectivity index (χ4n) is 7.88. The minimum Gasteiger partial charge on any atom is -0.344 e. The minimum absolute atomic E-state index is 0.448. The molecule has 5 aromatic rings. The van der Waals surface area contributed by atoms with Gasteiger partial charge in [0.1, 0.15) is 0 Å². The molecule has 0 bridgehead atoms. The number of anilines is 2. The molecule has 0 aromatic heterocycles. The molecule has 5 aromatic carbocycles. The van der Waals surface area contributed by atoms with Crippen LogP contribution < -0.4 is 4.90 Å². The number of hydrogen-bond acceptors (Lipinski definition) is 1. The fourth-order valence-corrected chi connectivity index (χ4v) is 7.88. The zero-order valence-corrected chi connectivity index (χ0v) is 26.8. The molecule has 0 amide bonds. The molecule has 0 spiro atoms. The van der Waals surface area contributed by atoms with Crippen molar-refractivity contribution in [2.75, 3.05) is 11.9 Å². The van der Waals surface area contributed by atoms with Crippen LogP contribution in [0.15, 0.2) is 132 Å². The molecule has 0 saturated heterocycles. The summed E-state index contributed by atoms with van der Waals surface area (Å²) in [4.78, 5) is 2.33. The molecule has 0 fully saturated rings. The largest absolute Gasteiger partial charge is 0.344 e. The third kappa shape index (κ3) is 4.54. The maximum atomic E-state index is 2.50. The van der Waals surface area contributed by atoms with E-state index < -0.39 is 0 Å². The predicted octanol–water partition coefficient (Wildman–Crippen LogP) is 12.0. The number of nitrogens with zero attached hydrogens (tertiary/aromatic N) is 1. The highest BCUT2D eigenvalue weighted by molar-refractivity contribution is 6.11. The second kappa shape index (κ2) is 11.1. The van der Waals surface area contributed by atoms with Crippen LogP contribution in [-0.4, -0.2) is 7.05 Å². The minimum atomic E-state index is 0.448. The first-order chi connectivity index (χ1) is 21.3. The molecule has 0 radical (unpaired) electrons. The molecule has 44 heavy (non-hydrogen) atoms. The number of para-hydroxylation sites is 2. The van der Waals surface area contributed by atoms with Crippen LogP contribution in [0.5, 0.6) is 0 Å². The highest BCUT2D eigenvalue weighted by Crippen LogP contribution is 2.47. The number of rotatable bonds is 4. The van der Waals surface area contributed by atoms with Crippen molar-refractivity contribution >= 4 is 44.1 Å². The summed E-state index contributed by atoms with van der Waals surface area (Å²) >= 11 is 0. The Morgan fingerprint density at radius 3 is 1.73 bits per heavy atom. The van der Waals surface area contributed by atoms with Gasteiger partial charge in [-0.1, -0.05) is 111 Å². The average molecular weight is 572 g/mol. The lowest BCUT2D eigenvalue weighted by Gasteiger charge is -2.32. The van der Waals surface area contributed by atoms with Crippen LogP contribution in [0.4, 0.5) is 11.4 Å². The van der Waals surface area contributed by atoms with Crippen molar-refractivity contribution in [3.63, 3.8) is 0 Å². The molecule has 0 N–H and O–H groups in total. The Hall–Kier alpha value is -4.62. The fraction of sp³-hybridized carbons (Fsp3) is 0.209. The topological polar surface area (TPSA) is 3.24 Å². The van der Waals surface area contributed by atoms with E-state index in [0.29, 0.717) is 5.92 Å². The molecular weight excluding hydrogens is 530 g/mol. The molecule has 1 nitrogen and oxygen atoms in total. The molecule has 1 aliphatic carbocycles. The van der Waals surface area contributed by atoms with Gasteiger partial charge in [-0.15, -0.1) is 0 Å². The standard InChI is InChI=1S/C43H41N/c1-27(2)41-31(25-28(3)42-35-17-9-7-15-33(35)30(5)34-16-8-10-18-36(34)42)23-24-32(41)26-29(4)43-37-19-11-13-21-39(37)44(6)40-22-14-12-20-38(40)43/h7-22,25-27H,23-24H2,1-6H3/b28-25+,32-26-. The number of benzene rings is 5. The number of hydrogen-bond donors (Lipinski definition) is 0. The average Bonchev–Trinajstić information content (AvgIpc) is 3.43. The molecular formula is C43H41N. The van der Waals surface area contributed by atoms with Crippen molar-refractivity contribution in [2.45, 2.75) is 47.5 Å². The maximum absolute atomic E-state index is 2.50. The van der Waals surface area contributed by atoms with Gasteiger partial charge in [0.25, 0.3) is 0 Å². The molecule has 0 unspecified atom stereocenters. The van der Waals surface area contributed by atoms with Gasteiger partial charge in [0.05, 0.1) is 0 Å². The van der Waals surface area contributed by atoms with Crippen LogP contribution in [0.1, 0.15) is 62.8 Å². The predicted molar refractivity (Wildman–Crippen MR) is 192 cm³/mol. The SMILES string of the molecule is CC(/C=C1/CCC(/C=C(\C)c2c3ccccc3c(C)c3ccccc23)=C1C(C)C)=C1c2ccccc2N(C)c2ccccc21. The normalized spacial score (nSPS) is 16.0. The van der Waals surface area contributed by atoms with Crippen molar-refractivity contribution in [2.24, 2.45) is 5.92 Å². The van der Waals surface area contributed by atoms with Gasteiger partial charge in [-0.05, 0) is 118 Å². The van der Waals surface area contributed by atoms with E-state index in [9.17, 15) is 0 Å². The lowest BCUT2D eigenvalue weighted by Crippen LogP contribution is -2.18. The third-order valence-electron chi connectivity index (χ3n) is 9.77. The van der Waals surface area contributed by atoms with E-state index in [1.807, 2.05) is 0 Å². The van der Waals surface area contributed by atoms with Crippen molar-refractivity contribution < 1.29 is 0 Å². The van der Waals surface area contributed by atoms with Crippen LogP contribution in [-0.2, 0) is 0 Å². The van der Waals surface area contributed by atoms with Crippen LogP contribution in [0.25, 0.3) is 32.7 Å². The van der Waals surface area contributed by atoms with Gasteiger partial charge in [-0.25, -0.2) is 0 Å². The van der Waals surface area contributed by atoms with E-state index >= 15 is 0 Å². The molecule has 2 aliphatic rings. The summed E-state index contributed by atoms with van der Waals surface area (Å²) in [5, 5.41) is 5.39. The smallest absolute Gasteiger partial charge is 0.0488 e. The number of fused-ring (bicyclic) bond motifs is 4. The lowest BCUT2D eigenvalue weighted by molar-refractivity contribution is 0.777. The van der Waals surface area contributed by atoms with Crippen LogP contribution in [0.3, 0.4) is 0 Å². The Bertz CT molecular complexity index is 1970. The summed E-state index contributed by atoms with van der Waals surface area (Å²) in [6.45, 7) is 11.6. The van der Waals surface area contributed by atoms with E-state index in [2.05, 4.69) is 156 Å². The van der Waals surface area contributed by atoms with Crippen molar-refractivity contribution in [1.29, 1.82) is 0 Å². The van der Waals surface area contributed by atoms with E-state index in [1.54, 1.807) is 0 Å². The van der Waals surface area contributed by atoms with Crippen LogP contribution >= 0.6 is 0 Å². The Kier molecular flexibility index (Phi) is 7.13. The van der Waals surface area contributed by atoms with Gasteiger partial charge in [0, 0.05) is 29.5 Å². The maximum Gasteiger partial charge on any atom is 0.0488 e. The monoisotopic (exact) mass is 571 g/mol. The first kappa shape index (κ1) is 28.2. The van der Waals surface area contributed by atoms with E-state index in [0.717, 1.165) is 12.8 Å². The Morgan fingerprint density at radius 1 is 0.682 bits per heavy atom. The highest BCUT2D eigenvalue weighted by atomic mass is 15.1. The summed E-state index contributed by atoms with van der Waals surface area (Å²) in [5.41, 5.74) is 16.4. The summed E-state index contributed by atoms with van der Waals surface area (Å²) in [6, 6.07) is 35.5. The van der Waals surface area contributed by atoms with Gasteiger partial charge in [-0.3, -0.25) is 0 Å². The van der Waals surface area contributed by atoms with Gasteiger partial charge in [0.2, 0.25) is 0 Å². The van der Waals surface area contributed by atoms with Crippen LogP contribution in [0.2, 0.25) is 0 Å². The quantitative estimate of drug-likeness (QED) is 0.194. The molecule has 1 heterocycles. The molecule has 0 atom stereocenters. The summed E-state index contributed by atoms with van der Waals surface area (Å²) in [7, 11) is 2.18. The summed E-state index contributed by atoms with van der Waals surface area (Å²) in [6.07, 6.45) is 7.16. The van der Waals surface area contributed by atoms with E-state index in [1.165, 1.54) is 88.6 Å². The second-order valence-electron chi connectivity index (χ2n) is 12.8. The Morgan fingerprint density at radius 2 is 1.18 bits per heavy atom. The summed E-state index contributed by atoms with van der Waals surface area (Å²) in [5.74, 6) is 0.448. The van der Waals surface area contributed by atoms with Crippen molar-refractivity contribution in [3.8, 4) is 0 Å². The molecule has 1 heteroatoms. The van der Waals surface area contributed by atoms with Gasteiger partial charge in [0.15, 0.2) is 0 Å². The molecule has 218 valence electrons. The van der Waals surface area contributed by atoms with Gasteiger partial charge in [-0.2, -0.15) is 0 Å². The van der Waals surface area contributed by atoms with Crippen molar-refractivity contribution in [3.05, 3.63) is 154 Å². The van der Waals surface area contributed by atoms with Crippen LogP contribution in [0, 0.1) is 12.8 Å². The Balaban J connectivity index is 1.39. The number of allylic oxidation sites excluding steroid dienone is 7. The van der Waals surface area contributed by atoms with E-state index in [-0.39, 0.29) is 0 Å². The second-order valence-corrected chi connectivity index (χ2v) is 12.8. The third-order valence-corrected chi connectivity index (χ3v) is 9.77. The number of aryl methyl sites for hydroxylation is 1. The first-order valence-corrected chi connectivity index (χ1v) is 16.0. The molecule has 7 rings (SSSR count). The lowest BCUT2D eigenvalue weighted by atomic mass is 9.85. The van der Waals surface area contributed by atoms with Gasteiger partial charge < -0.3 is 4.90 Å². The van der Waals surface area contributed by atoms with Gasteiger partial charge >= 0.3 is 0 Å². The zero-order chi connectivity index (χ0) is 30.5. The highest BCUT2D eigenvalue weighted by Gasteiger charge is 2.26. The zero-order valence-electron chi connectivity index (χ0n) is 26.8. The first-order valence-electron chi connectivity index (χ1n) is 16.0. The molecule has 0 saturated carbocycles. The summed E-state index contributed by atoms with van der Waals surface area (Å²) < 4.78 is 0.